The molecule has 0 unspecified atom stereocenters. The maximum atomic E-state index is 11.5. The van der Waals surface area contributed by atoms with Crippen LogP contribution in [0.1, 0.15) is 27.7 Å². The van der Waals surface area contributed by atoms with E-state index in [0.29, 0.717) is 0 Å². The van der Waals surface area contributed by atoms with Crippen LogP contribution in [0, 0.1) is 0 Å². The monoisotopic (exact) mass is 211 g/mol. The molecule has 0 N–H and O–H groups in total. The third-order valence-corrected chi connectivity index (χ3v) is 1.30. The Balaban J connectivity index is 4.71. The first-order valence-corrected chi connectivity index (χ1v) is 4.63. The molecule has 0 rings (SSSR count). The number of ether oxygens (including phenoxy) is 1. The maximum absolute atomic E-state index is 11.5. The number of hydrogen-bond acceptors (Lipinski definition) is 3. The molecular weight excluding hydrogens is 194 g/mol. The van der Waals surface area contributed by atoms with Crippen molar-refractivity contribution in [1.29, 1.82) is 0 Å². The predicted octanol–water partition coefficient (Wildman–Crippen LogP) is 2.47. The van der Waals surface area contributed by atoms with E-state index >= 15 is 0 Å². The fraction of sp³-hybridized carbons (Fsp3) is 0.455. The Kier molecular flexibility index (Phi) is 4.78. The van der Waals surface area contributed by atoms with Crippen molar-refractivity contribution in [3.05, 3.63) is 24.9 Å². The van der Waals surface area contributed by atoms with E-state index < -0.39 is 17.6 Å². The smallest absolute Gasteiger partial charge is 0.421 e. The average molecular weight is 211 g/mol. The lowest BCUT2D eigenvalue weighted by Gasteiger charge is -2.23. The molecule has 0 heterocycles. The van der Waals surface area contributed by atoms with Crippen molar-refractivity contribution < 1.29 is 14.3 Å². The van der Waals surface area contributed by atoms with E-state index in [-0.39, 0.29) is 0 Å². The van der Waals surface area contributed by atoms with Crippen molar-refractivity contribution in [3.8, 4) is 0 Å². The molecule has 0 atom stereocenters. The highest BCUT2D eigenvalue weighted by Crippen LogP contribution is 2.10. The van der Waals surface area contributed by atoms with E-state index in [0.717, 1.165) is 11.0 Å². The highest BCUT2D eigenvalue weighted by molar-refractivity contribution is 5.99. The number of carbonyl (C=O) groups excluding carboxylic acids is 2. The van der Waals surface area contributed by atoms with Gasteiger partial charge in [0.1, 0.15) is 5.60 Å². The van der Waals surface area contributed by atoms with Crippen molar-refractivity contribution in [3.63, 3.8) is 0 Å². The second kappa shape index (κ2) is 5.34. The third-order valence-electron chi connectivity index (χ3n) is 1.30. The molecule has 0 aromatic carbocycles. The molecule has 0 spiro atoms. The van der Waals surface area contributed by atoms with Crippen LogP contribution in [-0.2, 0) is 9.53 Å². The van der Waals surface area contributed by atoms with Crippen LogP contribution >= 0.6 is 0 Å². The predicted molar refractivity (Wildman–Crippen MR) is 58.1 cm³/mol. The zero-order valence-corrected chi connectivity index (χ0v) is 9.61. The van der Waals surface area contributed by atoms with Gasteiger partial charge in [-0.3, -0.25) is 4.79 Å². The van der Waals surface area contributed by atoms with Gasteiger partial charge in [-0.15, -0.1) is 0 Å². The Morgan fingerprint density at radius 3 is 2.20 bits per heavy atom. The molecule has 0 fully saturated rings. The fourth-order valence-corrected chi connectivity index (χ4v) is 0.783. The first-order valence-electron chi connectivity index (χ1n) is 4.63. The molecule has 0 aliphatic rings. The highest BCUT2D eigenvalue weighted by Gasteiger charge is 2.23. The van der Waals surface area contributed by atoms with Gasteiger partial charge in [0.15, 0.2) is 0 Å². The number of nitrogens with zero attached hydrogens (tertiary/aromatic N) is 1. The summed E-state index contributed by atoms with van der Waals surface area (Å²) < 4.78 is 5.04. The molecule has 0 aromatic rings. The molecular formula is C11H17NO3. The lowest BCUT2D eigenvalue weighted by molar-refractivity contribution is -0.122. The van der Waals surface area contributed by atoms with Crippen LogP contribution in [0.25, 0.3) is 0 Å². The van der Waals surface area contributed by atoms with Crippen LogP contribution in [0.3, 0.4) is 0 Å². The summed E-state index contributed by atoms with van der Waals surface area (Å²) in [6, 6.07) is 0. The number of imide groups is 1. The largest absolute Gasteiger partial charge is 0.443 e. The molecule has 2 amide bonds. The first kappa shape index (κ1) is 13.4. The van der Waals surface area contributed by atoms with Crippen molar-refractivity contribution in [1.82, 2.24) is 4.90 Å². The zero-order valence-electron chi connectivity index (χ0n) is 9.61. The van der Waals surface area contributed by atoms with E-state index in [2.05, 4.69) is 6.58 Å². The van der Waals surface area contributed by atoms with E-state index in [1.165, 1.54) is 6.20 Å². The number of allylic oxidation sites excluding steroid dienone is 1. The summed E-state index contributed by atoms with van der Waals surface area (Å²) in [4.78, 5) is 23.7. The van der Waals surface area contributed by atoms with E-state index in [9.17, 15) is 9.59 Å². The summed E-state index contributed by atoms with van der Waals surface area (Å²) in [5.74, 6) is -0.512. The lowest BCUT2D eigenvalue weighted by Crippen LogP contribution is -2.36. The Morgan fingerprint density at radius 2 is 1.87 bits per heavy atom. The van der Waals surface area contributed by atoms with E-state index in [1.54, 1.807) is 33.8 Å². The van der Waals surface area contributed by atoms with Crippen LogP contribution in [0.5, 0.6) is 0 Å². The molecule has 4 nitrogen and oxygen atoms in total. The molecule has 0 radical (unpaired) electrons. The van der Waals surface area contributed by atoms with Crippen molar-refractivity contribution in [2.24, 2.45) is 0 Å². The minimum absolute atomic E-state index is 0.512. The average Bonchev–Trinajstić information content (AvgIpc) is 2.10. The van der Waals surface area contributed by atoms with Crippen LogP contribution in [0.2, 0.25) is 0 Å². The van der Waals surface area contributed by atoms with Gasteiger partial charge in [0.25, 0.3) is 5.91 Å². The second-order valence-corrected chi connectivity index (χ2v) is 3.88. The first-order chi connectivity index (χ1) is 6.81. The molecule has 0 aliphatic heterocycles. The maximum Gasteiger partial charge on any atom is 0.421 e. The zero-order chi connectivity index (χ0) is 12.1. The number of carbonyl (C=O) groups is 2. The van der Waals surface area contributed by atoms with E-state index in [1.807, 2.05) is 0 Å². The topological polar surface area (TPSA) is 46.6 Å². The molecule has 0 saturated heterocycles. The van der Waals surface area contributed by atoms with E-state index in [4.69, 9.17) is 4.74 Å². The van der Waals surface area contributed by atoms with Gasteiger partial charge in [0.05, 0.1) is 0 Å². The van der Waals surface area contributed by atoms with Gasteiger partial charge < -0.3 is 4.74 Å². The van der Waals surface area contributed by atoms with Gasteiger partial charge in [-0.05, 0) is 33.8 Å². The fourth-order valence-electron chi connectivity index (χ4n) is 0.783. The lowest BCUT2D eigenvalue weighted by atomic mass is 10.2. The van der Waals surface area contributed by atoms with Crippen molar-refractivity contribution >= 4 is 12.0 Å². The normalized spacial score (nSPS) is 11.2. The SMILES string of the molecule is C=CC(=O)N(/C=C/C)C(=O)OC(C)(C)C. The third kappa shape index (κ3) is 5.00. The Bertz CT molecular complexity index is 287. The van der Waals surface area contributed by atoms with Crippen LogP contribution in [0.4, 0.5) is 4.79 Å². The standard InChI is InChI=1S/C11H17NO3/c1-6-8-12(9(13)7-2)10(14)15-11(3,4)5/h6-8H,2H2,1,3-5H3/b8-6+. The summed E-state index contributed by atoms with van der Waals surface area (Å²) >= 11 is 0. The summed E-state index contributed by atoms with van der Waals surface area (Å²) in [6.45, 7) is 10.2. The van der Waals surface area contributed by atoms with Crippen molar-refractivity contribution in [2.45, 2.75) is 33.3 Å². The quantitative estimate of drug-likeness (QED) is 0.659. The Morgan fingerprint density at radius 1 is 1.33 bits per heavy atom. The molecule has 0 bridgehead atoms. The molecule has 0 aromatic heterocycles. The minimum Gasteiger partial charge on any atom is -0.443 e. The summed E-state index contributed by atoms with van der Waals surface area (Å²) in [6.07, 6.45) is 3.28. The summed E-state index contributed by atoms with van der Waals surface area (Å²) in [7, 11) is 0. The molecule has 4 heteroatoms. The number of rotatable bonds is 2. The Labute approximate surface area is 90.2 Å². The number of amides is 2. The number of hydrogen-bond donors (Lipinski definition) is 0. The van der Waals surface area contributed by atoms with Gasteiger partial charge in [0.2, 0.25) is 0 Å². The highest BCUT2D eigenvalue weighted by atomic mass is 16.6. The van der Waals surface area contributed by atoms with Gasteiger partial charge in [-0.2, -0.15) is 0 Å². The summed E-state index contributed by atoms with van der Waals surface area (Å²) in [5, 5.41) is 0. The van der Waals surface area contributed by atoms with Crippen molar-refractivity contribution in [2.75, 3.05) is 0 Å². The molecule has 15 heavy (non-hydrogen) atoms. The van der Waals surface area contributed by atoms with Gasteiger partial charge >= 0.3 is 6.09 Å². The van der Waals surface area contributed by atoms with Gasteiger partial charge in [0, 0.05) is 6.20 Å². The van der Waals surface area contributed by atoms with Crippen LogP contribution < -0.4 is 0 Å². The minimum atomic E-state index is -0.703. The second-order valence-electron chi connectivity index (χ2n) is 3.88. The summed E-state index contributed by atoms with van der Waals surface area (Å²) in [5.41, 5.74) is -0.627. The Hall–Kier alpha value is -1.58. The van der Waals surface area contributed by atoms with Crippen LogP contribution in [-0.4, -0.2) is 22.5 Å². The van der Waals surface area contributed by atoms with Gasteiger partial charge in [-0.1, -0.05) is 12.7 Å². The molecule has 0 aliphatic carbocycles. The molecule has 84 valence electrons. The van der Waals surface area contributed by atoms with Crippen LogP contribution in [0.15, 0.2) is 24.9 Å². The molecule has 0 saturated carbocycles. The van der Waals surface area contributed by atoms with Gasteiger partial charge in [-0.25, -0.2) is 9.69 Å².